The maximum absolute atomic E-state index is 6.15. The van der Waals surface area contributed by atoms with Crippen LogP contribution in [0.3, 0.4) is 0 Å². The quantitative estimate of drug-likeness (QED) is 0.628. The lowest BCUT2D eigenvalue weighted by Gasteiger charge is -2.18. The molecule has 92 valence electrons. The molecule has 0 aromatic heterocycles. The molecule has 1 saturated heterocycles. The zero-order valence-corrected chi connectivity index (χ0v) is 11.2. The summed E-state index contributed by atoms with van der Waals surface area (Å²) in [7, 11) is 0. The van der Waals surface area contributed by atoms with E-state index in [1.54, 1.807) is 0 Å². The minimum absolute atomic E-state index is 0.284. The molecule has 0 saturated carbocycles. The smallest absolute Gasteiger partial charge is 0.0826 e. The topological polar surface area (TPSA) is 9.23 Å². The summed E-state index contributed by atoms with van der Waals surface area (Å²) in [5, 5.41) is 0. The Morgan fingerprint density at radius 1 is 1.50 bits per heavy atom. The molecule has 0 radical (unpaired) electrons. The molecule has 0 N–H and O–H groups in total. The molecule has 0 aliphatic carbocycles. The first kappa shape index (κ1) is 13.5. The van der Waals surface area contributed by atoms with E-state index in [2.05, 4.69) is 40.3 Å². The van der Waals surface area contributed by atoms with Crippen molar-refractivity contribution in [1.29, 1.82) is 0 Å². The summed E-state index contributed by atoms with van der Waals surface area (Å²) in [6, 6.07) is 0. The van der Waals surface area contributed by atoms with Gasteiger partial charge in [-0.2, -0.15) is 0 Å². The van der Waals surface area contributed by atoms with Gasteiger partial charge in [0.1, 0.15) is 0 Å². The van der Waals surface area contributed by atoms with Crippen LogP contribution < -0.4 is 0 Å². The highest BCUT2D eigenvalue weighted by Gasteiger charge is 2.35. The van der Waals surface area contributed by atoms with Crippen molar-refractivity contribution >= 4 is 0 Å². The van der Waals surface area contributed by atoms with Crippen LogP contribution in [0.5, 0.6) is 0 Å². The van der Waals surface area contributed by atoms with Gasteiger partial charge in [-0.25, -0.2) is 0 Å². The third-order valence-electron chi connectivity index (χ3n) is 3.84. The van der Waals surface area contributed by atoms with Crippen molar-refractivity contribution in [2.45, 2.75) is 59.2 Å². The second kappa shape index (κ2) is 6.24. The van der Waals surface area contributed by atoms with Gasteiger partial charge >= 0.3 is 0 Å². The van der Waals surface area contributed by atoms with Gasteiger partial charge in [0.05, 0.1) is 12.2 Å². The van der Waals surface area contributed by atoms with Crippen LogP contribution >= 0.6 is 0 Å². The molecule has 0 spiro atoms. The minimum atomic E-state index is 0.284. The second-order valence-electron chi connectivity index (χ2n) is 5.01. The Morgan fingerprint density at radius 2 is 2.19 bits per heavy atom. The van der Waals surface area contributed by atoms with Gasteiger partial charge in [-0.3, -0.25) is 0 Å². The Morgan fingerprint density at radius 3 is 2.69 bits per heavy atom. The van der Waals surface area contributed by atoms with Gasteiger partial charge in [0.15, 0.2) is 0 Å². The van der Waals surface area contributed by atoms with Crippen molar-refractivity contribution in [3.05, 3.63) is 24.3 Å². The van der Waals surface area contributed by atoms with E-state index in [0.717, 1.165) is 12.3 Å². The summed E-state index contributed by atoms with van der Waals surface area (Å²) in [5.74, 6) is 1.33. The molecule has 1 rings (SSSR count). The van der Waals surface area contributed by atoms with Crippen molar-refractivity contribution in [2.24, 2.45) is 11.8 Å². The van der Waals surface area contributed by atoms with Crippen LogP contribution in [0, 0.1) is 11.8 Å². The summed E-state index contributed by atoms with van der Waals surface area (Å²) >= 11 is 0. The van der Waals surface area contributed by atoms with Gasteiger partial charge < -0.3 is 4.74 Å². The Kier molecular flexibility index (Phi) is 5.27. The van der Waals surface area contributed by atoms with Crippen LogP contribution in [-0.4, -0.2) is 12.2 Å². The number of allylic oxidation sites excluding steroid dienone is 1. The van der Waals surface area contributed by atoms with Crippen molar-refractivity contribution in [1.82, 2.24) is 0 Å². The fraction of sp³-hybridized carbons (Fsp3) is 0.733. The molecule has 0 aromatic carbocycles. The number of hydrogen-bond donors (Lipinski definition) is 0. The SMILES string of the molecule is C=CC[C@@H]1O[C@H](C[C@H](C)CC)[C@H](C)C1=CC. The highest BCUT2D eigenvalue weighted by Crippen LogP contribution is 2.36. The third-order valence-corrected chi connectivity index (χ3v) is 3.84. The Labute approximate surface area is 101 Å². The molecule has 16 heavy (non-hydrogen) atoms. The third kappa shape index (κ3) is 2.98. The first-order chi connectivity index (χ1) is 7.63. The van der Waals surface area contributed by atoms with E-state index in [1.165, 1.54) is 18.4 Å². The number of rotatable bonds is 5. The van der Waals surface area contributed by atoms with E-state index in [1.807, 2.05) is 6.08 Å². The molecule has 1 aliphatic rings. The molecule has 0 unspecified atom stereocenters. The van der Waals surface area contributed by atoms with Gasteiger partial charge in [0.2, 0.25) is 0 Å². The number of ether oxygens (including phenoxy) is 1. The van der Waals surface area contributed by atoms with Gasteiger partial charge in [-0.15, -0.1) is 6.58 Å². The van der Waals surface area contributed by atoms with Crippen molar-refractivity contribution in [2.75, 3.05) is 0 Å². The summed E-state index contributed by atoms with van der Waals surface area (Å²) in [6.07, 6.45) is 8.26. The molecule has 1 fully saturated rings. The van der Waals surface area contributed by atoms with Crippen LogP contribution in [0.15, 0.2) is 24.3 Å². The van der Waals surface area contributed by atoms with Crippen LogP contribution in [0.25, 0.3) is 0 Å². The standard InChI is InChI=1S/C15H26O/c1-6-9-14-13(8-3)12(5)15(16-14)10-11(4)7-2/h6,8,11-12,14-15H,1,7,9-10H2,2-5H3/t11-,12-,14+,15-/m1/s1. The zero-order chi connectivity index (χ0) is 12.1. The highest BCUT2D eigenvalue weighted by atomic mass is 16.5. The fourth-order valence-corrected chi connectivity index (χ4v) is 2.53. The molecule has 0 bridgehead atoms. The van der Waals surface area contributed by atoms with Crippen LogP contribution in [0.1, 0.15) is 47.0 Å². The maximum Gasteiger partial charge on any atom is 0.0826 e. The molecular weight excluding hydrogens is 196 g/mol. The Bertz CT molecular complexity index is 254. The van der Waals surface area contributed by atoms with E-state index in [-0.39, 0.29) is 6.10 Å². The molecule has 0 amide bonds. The minimum Gasteiger partial charge on any atom is -0.370 e. The fourth-order valence-electron chi connectivity index (χ4n) is 2.53. The first-order valence-electron chi connectivity index (χ1n) is 6.56. The molecule has 1 aliphatic heterocycles. The lowest BCUT2D eigenvalue weighted by atomic mass is 9.89. The van der Waals surface area contributed by atoms with Gasteiger partial charge in [-0.05, 0) is 31.3 Å². The average Bonchev–Trinajstić information content (AvgIpc) is 2.56. The second-order valence-corrected chi connectivity index (χ2v) is 5.01. The molecule has 1 heterocycles. The van der Waals surface area contributed by atoms with E-state index in [0.29, 0.717) is 12.0 Å². The summed E-state index contributed by atoms with van der Waals surface area (Å²) in [4.78, 5) is 0. The van der Waals surface area contributed by atoms with E-state index in [4.69, 9.17) is 4.74 Å². The molecular formula is C15H26O. The molecule has 0 aromatic rings. The summed E-state index contributed by atoms with van der Waals surface area (Å²) in [5.41, 5.74) is 1.47. The van der Waals surface area contributed by atoms with Crippen molar-refractivity contribution in [3.8, 4) is 0 Å². The normalized spacial score (nSPS) is 34.2. The molecule has 1 nitrogen and oxygen atoms in total. The Balaban J connectivity index is 2.66. The van der Waals surface area contributed by atoms with Gasteiger partial charge in [-0.1, -0.05) is 39.3 Å². The molecule has 1 heteroatoms. The first-order valence-corrected chi connectivity index (χ1v) is 6.56. The highest BCUT2D eigenvalue weighted by molar-refractivity contribution is 5.18. The Hall–Kier alpha value is -0.560. The summed E-state index contributed by atoms with van der Waals surface area (Å²) in [6.45, 7) is 12.8. The zero-order valence-electron chi connectivity index (χ0n) is 11.2. The van der Waals surface area contributed by atoms with Crippen LogP contribution in [0.4, 0.5) is 0 Å². The summed E-state index contributed by atoms with van der Waals surface area (Å²) < 4.78 is 6.15. The predicted octanol–water partition coefficient (Wildman–Crippen LogP) is 4.35. The monoisotopic (exact) mass is 222 g/mol. The average molecular weight is 222 g/mol. The van der Waals surface area contributed by atoms with E-state index < -0.39 is 0 Å². The number of hydrogen-bond acceptors (Lipinski definition) is 1. The van der Waals surface area contributed by atoms with Crippen LogP contribution in [0.2, 0.25) is 0 Å². The lowest BCUT2D eigenvalue weighted by Crippen LogP contribution is -2.17. The largest absolute Gasteiger partial charge is 0.370 e. The van der Waals surface area contributed by atoms with Crippen LogP contribution in [-0.2, 0) is 4.74 Å². The van der Waals surface area contributed by atoms with Gasteiger partial charge in [0, 0.05) is 5.92 Å². The maximum atomic E-state index is 6.15. The van der Waals surface area contributed by atoms with Crippen molar-refractivity contribution in [3.63, 3.8) is 0 Å². The van der Waals surface area contributed by atoms with E-state index in [9.17, 15) is 0 Å². The lowest BCUT2D eigenvalue weighted by molar-refractivity contribution is 0.0273. The van der Waals surface area contributed by atoms with E-state index >= 15 is 0 Å². The predicted molar refractivity (Wildman–Crippen MR) is 70.5 cm³/mol. The van der Waals surface area contributed by atoms with Gasteiger partial charge in [0.25, 0.3) is 0 Å². The van der Waals surface area contributed by atoms with Crippen molar-refractivity contribution < 1.29 is 4.74 Å². The molecule has 4 atom stereocenters.